The molecule has 2 aromatic rings. The predicted molar refractivity (Wildman–Crippen MR) is 91.7 cm³/mol. The maximum atomic E-state index is 13.7. The molecule has 0 saturated carbocycles. The highest BCUT2D eigenvalue weighted by Gasteiger charge is 2.10. The molecule has 23 heavy (non-hydrogen) atoms. The molecule has 1 N–H and O–H groups in total. The minimum Gasteiger partial charge on any atom is -0.487 e. The second-order valence-corrected chi connectivity index (χ2v) is 5.94. The molecule has 0 bridgehead atoms. The lowest BCUT2D eigenvalue weighted by molar-refractivity contribution is 0.199. The molecule has 2 aromatic carbocycles. The van der Waals surface area contributed by atoms with Gasteiger partial charge < -0.3 is 14.8 Å². The monoisotopic (exact) mass is 317 g/mol. The first-order valence-corrected chi connectivity index (χ1v) is 7.90. The van der Waals surface area contributed by atoms with E-state index < -0.39 is 0 Å². The van der Waals surface area contributed by atoms with Crippen LogP contribution in [0.25, 0.3) is 0 Å². The summed E-state index contributed by atoms with van der Waals surface area (Å²) in [4.78, 5) is 0. The van der Waals surface area contributed by atoms with E-state index in [2.05, 4.69) is 5.32 Å². The van der Waals surface area contributed by atoms with Crippen molar-refractivity contribution in [2.24, 2.45) is 0 Å². The van der Waals surface area contributed by atoms with Gasteiger partial charge in [0.05, 0.1) is 12.2 Å². The van der Waals surface area contributed by atoms with Gasteiger partial charge in [0.15, 0.2) is 11.5 Å². The van der Waals surface area contributed by atoms with E-state index in [9.17, 15) is 4.39 Å². The Labute approximate surface area is 137 Å². The van der Waals surface area contributed by atoms with E-state index in [0.717, 1.165) is 5.69 Å². The van der Waals surface area contributed by atoms with Gasteiger partial charge in [0.25, 0.3) is 0 Å². The van der Waals surface area contributed by atoms with Crippen LogP contribution in [0.3, 0.4) is 0 Å². The second kappa shape index (κ2) is 7.86. The smallest absolute Gasteiger partial charge is 0.163 e. The molecule has 0 aliphatic heterocycles. The van der Waals surface area contributed by atoms with Gasteiger partial charge in [-0.3, -0.25) is 0 Å². The molecule has 0 radical (unpaired) electrons. The third-order valence-corrected chi connectivity index (χ3v) is 3.11. The number of hydrogen-bond acceptors (Lipinski definition) is 3. The summed E-state index contributed by atoms with van der Waals surface area (Å²) in [5.41, 5.74) is 1.49. The Balaban J connectivity index is 2.14. The second-order valence-electron chi connectivity index (χ2n) is 5.94. The van der Waals surface area contributed by atoms with Gasteiger partial charge in [0.1, 0.15) is 5.82 Å². The van der Waals surface area contributed by atoms with Crippen molar-refractivity contribution in [1.29, 1.82) is 0 Å². The molecular formula is C19H24FNO2. The van der Waals surface area contributed by atoms with Gasteiger partial charge in [0, 0.05) is 23.9 Å². The number of ether oxygens (including phenoxy) is 2. The summed E-state index contributed by atoms with van der Waals surface area (Å²) < 4.78 is 25.3. The first-order chi connectivity index (χ1) is 11.0. The van der Waals surface area contributed by atoms with Gasteiger partial charge >= 0.3 is 0 Å². The Hall–Kier alpha value is -2.23. The molecule has 0 atom stereocenters. The maximum Gasteiger partial charge on any atom is 0.163 e. The lowest BCUT2D eigenvalue weighted by Crippen LogP contribution is -2.11. The Kier molecular flexibility index (Phi) is 5.85. The first-order valence-electron chi connectivity index (χ1n) is 7.90. The minimum atomic E-state index is -0.210. The van der Waals surface area contributed by atoms with Crippen LogP contribution in [0.1, 0.15) is 33.3 Å². The Morgan fingerprint density at radius 3 is 2.22 bits per heavy atom. The highest BCUT2D eigenvalue weighted by atomic mass is 19.1. The number of hydrogen-bond donors (Lipinski definition) is 1. The van der Waals surface area contributed by atoms with Gasteiger partial charge in [-0.15, -0.1) is 0 Å². The van der Waals surface area contributed by atoms with Gasteiger partial charge in [0.2, 0.25) is 0 Å². The van der Waals surface area contributed by atoms with E-state index in [1.54, 1.807) is 12.1 Å². The highest BCUT2D eigenvalue weighted by Crippen LogP contribution is 2.32. The molecule has 0 aliphatic rings. The fraction of sp³-hybridized carbons (Fsp3) is 0.368. The summed E-state index contributed by atoms with van der Waals surface area (Å²) in [6.07, 6.45) is 0.119. The number of anilines is 1. The quantitative estimate of drug-likeness (QED) is 0.778. The summed E-state index contributed by atoms with van der Waals surface area (Å²) in [5, 5.41) is 3.22. The fourth-order valence-corrected chi connectivity index (χ4v) is 2.15. The van der Waals surface area contributed by atoms with Crippen molar-refractivity contribution >= 4 is 5.69 Å². The molecular weight excluding hydrogens is 293 g/mol. The third-order valence-electron chi connectivity index (χ3n) is 3.11. The van der Waals surface area contributed by atoms with Crippen molar-refractivity contribution in [1.82, 2.24) is 0 Å². The molecule has 0 aliphatic carbocycles. The molecule has 0 aromatic heterocycles. The molecule has 0 unspecified atom stereocenters. The summed E-state index contributed by atoms with van der Waals surface area (Å²) >= 11 is 0. The van der Waals surface area contributed by atoms with Crippen LogP contribution in [0.5, 0.6) is 11.5 Å². The third kappa shape index (κ3) is 5.16. The molecule has 0 fully saturated rings. The highest BCUT2D eigenvalue weighted by molar-refractivity contribution is 5.55. The zero-order valence-electron chi connectivity index (χ0n) is 14.1. The number of rotatable bonds is 7. The largest absolute Gasteiger partial charge is 0.487 e. The van der Waals surface area contributed by atoms with Crippen LogP contribution in [-0.2, 0) is 6.54 Å². The van der Waals surface area contributed by atoms with Crippen molar-refractivity contribution in [2.75, 3.05) is 5.32 Å². The average molecular weight is 317 g/mol. The lowest BCUT2D eigenvalue weighted by Gasteiger charge is -2.18. The van der Waals surface area contributed by atoms with E-state index in [-0.39, 0.29) is 18.0 Å². The molecule has 0 saturated heterocycles. The summed E-state index contributed by atoms with van der Waals surface area (Å²) in [6.45, 7) is 8.31. The molecule has 3 nitrogen and oxygen atoms in total. The predicted octanol–water partition coefficient (Wildman–Crippen LogP) is 5.01. The zero-order chi connectivity index (χ0) is 16.8. The molecule has 4 heteroatoms. The number of halogens is 1. The van der Waals surface area contributed by atoms with Crippen LogP contribution in [0, 0.1) is 5.82 Å². The van der Waals surface area contributed by atoms with Crippen molar-refractivity contribution in [3.63, 3.8) is 0 Å². The van der Waals surface area contributed by atoms with E-state index in [1.807, 2.05) is 52.0 Å². The first kappa shape index (κ1) is 17.1. The fourth-order valence-electron chi connectivity index (χ4n) is 2.15. The Morgan fingerprint density at radius 2 is 1.57 bits per heavy atom. The summed E-state index contributed by atoms with van der Waals surface area (Å²) in [6, 6.07) is 12.4. The van der Waals surface area contributed by atoms with Crippen LogP contribution in [0.15, 0.2) is 42.5 Å². The van der Waals surface area contributed by atoms with Crippen LogP contribution in [0.2, 0.25) is 0 Å². The van der Waals surface area contributed by atoms with Crippen LogP contribution >= 0.6 is 0 Å². The topological polar surface area (TPSA) is 30.5 Å². The Morgan fingerprint density at radius 1 is 0.913 bits per heavy atom. The van der Waals surface area contributed by atoms with E-state index in [0.29, 0.717) is 23.6 Å². The average Bonchev–Trinajstić information content (AvgIpc) is 2.48. The van der Waals surface area contributed by atoms with Crippen LogP contribution < -0.4 is 14.8 Å². The SMILES string of the molecule is CC(C)Oc1ccc(NCc2ccccc2F)cc1OC(C)C. The van der Waals surface area contributed by atoms with Crippen molar-refractivity contribution in [2.45, 2.75) is 46.4 Å². The molecule has 0 spiro atoms. The molecule has 0 amide bonds. The summed E-state index contributed by atoms with van der Waals surface area (Å²) in [7, 11) is 0. The van der Waals surface area contributed by atoms with Gasteiger partial charge in [-0.1, -0.05) is 18.2 Å². The van der Waals surface area contributed by atoms with Gasteiger partial charge in [-0.05, 0) is 45.9 Å². The maximum absolute atomic E-state index is 13.7. The van der Waals surface area contributed by atoms with Crippen molar-refractivity contribution < 1.29 is 13.9 Å². The normalized spacial score (nSPS) is 10.9. The van der Waals surface area contributed by atoms with E-state index in [4.69, 9.17) is 9.47 Å². The van der Waals surface area contributed by atoms with E-state index >= 15 is 0 Å². The van der Waals surface area contributed by atoms with Crippen LogP contribution in [0.4, 0.5) is 10.1 Å². The van der Waals surface area contributed by atoms with E-state index in [1.165, 1.54) is 6.07 Å². The number of nitrogens with one attached hydrogen (secondary N) is 1. The van der Waals surface area contributed by atoms with Gasteiger partial charge in [-0.25, -0.2) is 4.39 Å². The standard InChI is InChI=1S/C19H24FNO2/c1-13(2)22-18-10-9-16(11-19(18)23-14(3)4)21-12-15-7-5-6-8-17(15)20/h5-11,13-14,21H,12H2,1-4H3. The zero-order valence-corrected chi connectivity index (χ0v) is 14.1. The molecule has 2 rings (SSSR count). The molecule has 0 heterocycles. The van der Waals surface area contributed by atoms with Crippen molar-refractivity contribution in [3.05, 3.63) is 53.8 Å². The summed E-state index contributed by atoms with van der Waals surface area (Å²) in [5.74, 6) is 1.19. The minimum absolute atomic E-state index is 0.0475. The van der Waals surface area contributed by atoms with Gasteiger partial charge in [-0.2, -0.15) is 0 Å². The molecule has 124 valence electrons. The van der Waals surface area contributed by atoms with Crippen molar-refractivity contribution in [3.8, 4) is 11.5 Å². The lowest BCUT2D eigenvalue weighted by atomic mass is 10.2. The Bertz CT molecular complexity index is 641. The van der Waals surface area contributed by atoms with Crippen LogP contribution in [-0.4, -0.2) is 12.2 Å². The number of benzene rings is 2.